The third kappa shape index (κ3) is 3.48. The van der Waals surface area contributed by atoms with Gasteiger partial charge in [-0.15, -0.1) is 0 Å². The van der Waals surface area contributed by atoms with Crippen LogP contribution >= 0.6 is 11.6 Å². The highest BCUT2D eigenvalue weighted by Crippen LogP contribution is 2.18. The molecule has 120 valence electrons. The van der Waals surface area contributed by atoms with Crippen LogP contribution in [0.4, 0.5) is 0 Å². The van der Waals surface area contributed by atoms with Crippen molar-refractivity contribution in [1.29, 1.82) is 0 Å². The number of hydrogen-bond acceptors (Lipinski definition) is 5. The molecule has 0 bridgehead atoms. The number of nitrogens with zero attached hydrogens (tertiary/aromatic N) is 2. The zero-order chi connectivity index (χ0) is 17.1. The van der Waals surface area contributed by atoms with E-state index in [9.17, 15) is 14.4 Å². The molecular formula is C16H15ClN2O4. The molecule has 0 saturated heterocycles. The SMILES string of the molecule is CCOC(=O)c1cc(C(C)=O)nn(-c2cc(Cl)ccc2C)c1=O. The lowest BCUT2D eigenvalue weighted by Crippen LogP contribution is -2.30. The summed E-state index contributed by atoms with van der Waals surface area (Å²) in [5.41, 5.74) is 0.202. The Bertz CT molecular complexity index is 842. The van der Waals surface area contributed by atoms with Crippen molar-refractivity contribution >= 4 is 23.4 Å². The fourth-order valence-corrected chi connectivity index (χ4v) is 2.16. The quantitative estimate of drug-likeness (QED) is 0.634. The van der Waals surface area contributed by atoms with Gasteiger partial charge in [0, 0.05) is 11.9 Å². The summed E-state index contributed by atoms with van der Waals surface area (Å²) in [6, 6.07) is 6.09. The molecule has 0 aliphatic carbocycles. The molecule has 1 aromatic carbocycles. The molecule has 0 aliphatic heterocycles. The van der Waals surface area contributed by atoms with Crippen LogP contribution in [-0.2, 0) is 4.74 Å². The molecule has 7 heteroatoms. The van der Waals surface area contributed by atoms with Crippen LogP contribution in [0.5, 0.6) is 0 Å². The van der Waals surface area contributed by atoms with Gasteiger partial charge in [-0.1, -0.05) is 17.7 Å². The van der Waals surface area contributed by atoms with Crippen LogP contribution in [0.15, 0.2) is 29.1 Å². The Hall–Kier alpha value is -2.47. The van der Waals surface area contributed by atoms with Gasteiger partial charge in [-0.2, -0.15) is 9.78 Å². The lowest BCUT2D eigenvalue weighted by Gasteiger charge is -2.11. The Labute approximate surface area is 137 Å². The zero-order valence-electron chi connectivity index (χ0n) is 12.9. The molecule has 2 rings (SSSR count). The Balaban J connectivity index is 2.77. The normalized spacial score (nSPS) is 10.4. The van der Waals surface area contributed by atoms with Crippen LogP contribution in [-0.4, -0.2) is 28.1 Å². The number of aryl methyl sites for hydroxylation is 1. The van der Waals surface area contributed by atoms with Crippen molar-refractivity contribution in [3.63, 3.8) is 0 Å². The predicted molar refractivity (Wildman–Crippen MR) is 85.5 cm³/mol. The smallest absolute Gasteiger partial charge is 0.343 e. The van der Waals surface area contributed by atoms with Crippen molar-refractivity contribution in [2.45, 2.75) is 20.8 Å². The second-order valence-corrected chi connectivity index (χ2v) is 5.30. The van der Waals surface area contributed by atoms with Gasteiger partial charge < -0.3 is 4.74 Å². The van der Waals surface area contributed by atoms with Gasteiger partial charge in [0.25, 0.3) is 5.56 Å². The number of benzene rings is 1. The molecule has 6 nitrogen and oxygen atoms in total. The molecule has 1 aromatic heterocycles. The first-order valence-electron chi connectivity index (χ1n) is 6.94. The van der Waals surface area contributed by atoms with Crippen molar-refractivity contribution < 1.29 is 14.3 Å². The number of carbonyl (C=O) groups is 2. The van der Waals surface area contributed by atoms with Crippen molar-refractivity contribution in [1.82, 2.24) is 9.78 Å². The van der Waals surface area contributed by atoms with E-state index < -0.39 is 11.5 Å². The molecule has 0 amide bonds. The van der Waals surface area contributed by atoms with Gasteiger partial charge in [0.2, 0.25) is 0 Å². The molecule has 0 fully saturated rings. The lowest BCUT2D eigenvalue weighted by atomic mass is 10.2. The van der Waals surface area contributed by atoms with E-state index in [0.29, 0.717) is 10.7 Å². The highest BCUT2D eigenvalue weighted by atomic mass is 35.5. The molecule has 0 aliphatic rings. The van der Waals surface area contributed by atoms with Crippen LogP contribution in [0.3, 0.4) is 0 Å². The molecule has 0 unspecified atom stereocenters. The summed E-state index contributed by atoms with van der Waals surface area (Å²) in [5.74, 6) is -1.17. The Morgan fingerprint density at radius 2 is 2.00 bits per heavy atom. The number of ether oxygens (including phenoxy) is 1. The van der Waals surface area contributed by atoms with E-state index in [1.807, 2.05) is 0 Å². The zero-order valence-corrected chi connectivity index (χ0v) is 13.7. The number of Topliss-reactive ketones (excluding diaryl/α,β-unsaturated/α-hetero) is 1. The second-order valence-electron chi connectivity index (χ2n) is 4.87. The van der Waals surface area contributed by atoms with Gasteiger partial charge in [-0.25, -0.2) is 4.79 Å². The average Bonchev–Trinajstić information content (AvgIpc) is 2.50. The van der Waals surface area contributed by atoms with Crippen LogP contribution in [0.2, 0.25) is 5.02 Å². The first-order chi connectivity index (χ1) is 10.8. The number of carbonyl (C=O) groups excluding carboxylic acids is 2. The number of halogens is 1. The highest BCUT2D eigenvalue weighted by Gasteiger charge is 2.20. The van der Waals surface area contributed by atoms with E-state index in [2.05, 4.69) is 5.10 Å². The molecule has 0 radical (unpaired) electrons. The summed E-state index contributed by atoms with van der Waals surface area (Å²) in [5, 5.41) is 4.44. The largest absolute Gasteiger partial charge is 0.462 e. The highest BCUT2D eigenvalue weighted by molar-refractivity contribution is 6.30. The maximum absolute atomic E-state index is 12.6. The van der Waals surface area contributed by atoms with Gasteiger partial charge in [-0.05, 0) is 37.6 Å². The fourth-order valence-electron chi connectivity index (χ4n) is 2.00. The third-order valence-corrected chi connectivity index (χ3v) is 3.40. The summed E-state index contributed by atoms with van der Waals surface area (Å²) < 4.78 is 5.88. The Morgan fingerprint density at radius 3 is 2.61 bits per heavy atom. The predicted octanol–water partition coefficient (Wildman–Crippen LogP) is 2.57. The van der Waals surface area contributed by atoms with Crippen molar-refractivity contribution in [2.75, 3.05) is 6.61 Å². The first-order valence-corrected chi connectivity index (χ1v) is 7.32. The maximum Gasteiger partial charge on any atom is 0.343 e. The van der Waals surface area contributed by atoms with Crippen LogP contribution in [0, 0.1) is 6.92 Å². The van der Waals surface area contributed by atoms with Gasteiger partial charge >= 0.3 is 5.97 Å². The maximum atomic E-state index is 12.6. The van der Waals surface area contributed by atoms with E-state index in [4.69, 9.17) is 16.3 Å². The van der Waals surface area contributed by atoms with Crippen LogP contribution < -0.4 is 5.56 Å². The molecule has 2 aromatic rings. The van der Waals surface area contributed by atoms with E-state index >= 15 is 0 Å². The van der Waals surface area contributed by atoms with Gasteiger partial charge in [0.15, 0.2) is 5.78 Å². The van der Waals surface area contributed by atoms with Gasteiger partial charge in [0.05, 0.1) is 12.3 Å². The summed E-state index contributed by atoms with van der Waals surface area (Å²) in [7, 11) is 0. The number of rotatable bonds is 4. The van der Waals surface area contributed by atoms with Gasteiger partial charge in [-0.3, -0.25) is 9.59 Å². The number of ketones is 1. The molecule has 1 heterocycles. The Kier molecular flexibility index (Phi) is 4.95. The first kappa shape index (κ1) is 16.9. The summed E-state index contributed by atoms with van der Waals surface area (Å²) in [4.78, 5) is 36.2. The van der Waals surface area contributed by atoms with Crippen molar-refractivity contribution in [3.05, 3.63) is 56.5 Å². The summed E-state index contributed by atoms with van der Waals surface area (Å²) in [6.45, 7) is 4.82. The van der Waals surface area contributed by atoms with Crippen LogP contribution in [0.1, 0.15) is 40.3 Å². The number of esters is 1. The average molecular weight is 335 g/mol. The number of hydrogen-bond donors (Lipinski definition) is 0. The summed E-state index contributed by atoms with van der Waals surface area (Å²) >= 11 is 5.97. The Morgan fingerprint density at radius 1 is 1.30 bits per heavy atom. The van der Waals surface area contributed by atoms with E-state index in [-0.39, 0.29) is 23.6 Å². The molecule has 0 N–H and O–H groups in total. The molecule has 23 heavy (non-hydrogen) atoms. The number of aromatic nitrogens is 2. The van der Waals surface area contributed by atoms with Gasteiger partial charge in [0.1, 0.15) is 11.3 Å². The van der Waals surface area contributed by atoms with E-state index in [1.54, 1.807) is 32.0 Å². The molecule has 0 atom stereocenters. The molecule has 0 spiro atoms. The van der Waals surface area contributed by atoms with E-state index in [1.165, 1.54) is 6.92 Å². The molecule has 0 saturated carbocycles. The fraction of sp³-hybridized carbons (Fsp3) is 0.250. The summed E-state index contributed by atoms with van der Waals surface area (Å²) in [6.07, 6.45) is 0. The second kappa shape index (κ2) is 6.75. The minimum absolute atomic E-state index is 0.00738. The third-order valence-electron chi connectivity index (χ3n) is 3.17. The monoisotopic (exact) mass is 334 g/mol. The van der Waals surface area contributed by atoms with E-state index in [0.717, 1.165) is 16.3 Å². The standard InChI is InChI=1S/C16H15ClN2O4/c1-4-23-16(22)12-8-13(10(3)20)18-19(15(12)21)14-7-11(17)6-5-9(14)2/h5-8H,4H2,1-3H3. The van der Waals surface area contributed by atoms with Crippen molar-refractivity contribution in [3.8, 4) is 5.69 Å². The molecular weight excluding hydrogens is 320 g/mol. The topological polar surface area (TPSA) is 78.3 Å². The minimum atomic E-state index is -0.796. The van der Waals surface area contributed by atoms with Crippen LogP contribution in [0.25, 0.3) is 5.69 Å². The minimum Gasteiger partial charge on any atom is -0.462 e. The lowest BCUT2D eigenvalue weighted by molar-refractivity contribution is 0.0523. The van der Waals surface area contributed by atoms with Crippen molar-refractivity contribution in [2.24, 2.45) is 0 Å².